The molecule has 2 atom stereocenters. The van der Waals surface area contributed by atoms with Crippen molar-refractivity contribution in [2.45, 2.75) is 38.6 Å². The van der Waals surface area contributed by atoms with Gasteiger partial charge in [-0.15, -0.1) is 0 Å². The first-order chi connectivity index (χ1) is 7.25. The summed E-state index contributed by atoms with van der Waals surface area (Å²) >= 11 is 0. The molecule has 0 saturated heterocycles. The largest absolute Gasteiger partial charge is 0.382 e. The van der Waals surface area contributed by atoms with E-state index in [2.05, 4.69) is 12.2 Å². The number of nitrogens with one attached hydrogen (secondary N) is 1. The molecule has 0 radical (unpaired) electrons. The monoisotopic (exact) mass is 207 g/mol. The summed E-state index contributed by atoms with van der Waals surface area (Å²) < 4.78 is 13.0. The van der Waals surface area contributed by atoms with Gasteiger partial charge in [0.1, 0.15) is 5.82 Å². The minimum absolute atomic E-state index is 0.163. The highest BCUT2D eigenvalue weighted by Crippen LogP contribution is 2.26. The van der Waals surface area contributed by atoms with E-state index in [1.54, 1.807) is 12.1 Å². The summed E-state index contributed by atoms with van der Waals surface area (Å²) in [6.07, 6.45) is 5.12. The fourth-order valence-corrected chi connectivity index (χ4v) is 2.32. The van der Waals surface area contributed by atoms with Crippen LogP contribution in [0.5, 0.6) is 0 Å². The van der Waals surface area contributed by atoms with Gasteiger partial charge >= 0.3 is 0 Å². The lowest BCUT2D eigenvalue weighted by atomic mass is 9.86. The van der Waals surface area contributed by atoms with Crippen molar-refractivity contribution in [3.05, 3.63) is 30.1 Å². The maximum absolute atomic E-state index is 13.0. The molecule has 1 nitrogen and oxygen atoms in total. The maximum atomic E-state index is 13.0. The van der Waals surface area contributed by atoms with Crippen molar-refractivity contribution in [2.24, 2.45) is 5.92 Å². The predicted octanol–water partition coefficient (Wildman–Crippen LogP) is 3.82. The number of halogens is 1. The van der Waals surface area contributed by atoms with Gasteiger partial charge in [0.15, 0.2) is 0 Å². The Morgan fingerprint density at radius 3 is 2.80 bits per heavy atom. The fourth-order valence-electron chi connectivity index (χ4n) is 2.32. The highest BCUT2D eigenvalue weighted by molar-refractivity contribution is 5.44. The number of benzene rings is 1. The third-order valence-corrected chi connectivity index (χ3v) is 3.29. The van der Waals surface area contributed by atoms with Gasteiger partial charge in [0.25, 0.3) is 0 Å². The molecule has 0 spiro atoms. The molecular weight excluding hydrogens is 189 g/mol. The summed E-state index contributed by atoms with van der Waals surface area (Å²) in [6, 6.07) is 7.26. The highest BCUT2D eigenvalue weighted by Gasteiger charge is 2.20. The second-order valence-corrected chi connectivity index (χ2v) is 4.52. The van der Waals surface area contributed by atoms with Gasteiger partial charge in [0.05, 0.1) is 0 Å². The summed E-state index contributed by atoms with van der Waals surface area (Å²) in [6.45, 7) is 2.27. The Morgan fingerprint density at radius 1 is 1.27 bits per heavy atom. The Kier molecular flexibility index (Phi) is 3.24. The van der Waals surface area contributed by atoms with Crippen molar-refractivity contribution in [3.63, 3.8) is 0 Å². The molecule has 0 aromatic heterocycles. The van der Waals surface area contributed by atoms with Crippen LogP contribution in [0.15, 0.2) is 24.3 Å². The van der Waals surface area contributed by atoms with Crippen LogP contribution in [0, 0.1) is 11.7 Å². The topological polar surface area (TPSA) is 12.0 Å². The standard InChI is InChI=1S/C13H18FN/c1-10-5-2-3-8-13(10)15-12-7-4-6-11(14)9-12/h4,6-7,9-10,13,15H,2-3,5,8H2,1H3. The van der Waals surface area contributed by atoms with Crippen LogP contribution < -0.4 is 5.32 Å². The average Bonchev–Trinajstić information content (AvgIpc) is 2.22. The van der Waals surface area contributed by atoms with Crippen LogP contribution in [-0.4, -0.2) is 6.04 Å². The molecule has 1 fully saturated rings. The molecule has 82 valence electrons. The Hall–Kier alpha value is -1.05. The maximum Gasteiger partial charge on any atom is 0.125 e. The van der Waals surface area contributed by atoms with Crippen LogP contribution in [0.25, 0.3) is 0 Å². The first kappa shape index (κ1) is 10.5. The minimum atomic E-state index is -0.163. The molecule has 1 aliphatic rings. The number of hydrogen-bond acceptors (Lipinski definition) is 1. The molecule has 1 aromatic rings. The van der Waals surface area contributed by atoms with E-state index in [1.165, 1.54) is 31.7 Å². The molecule has 0 amide bonds. The van der Waals surface area contributed by atoms with Crippen LogP contribution in [0.3, 0.4) is 0 Å². The number of hydrogen-bond donors (Lipinski definition) is 1. The van der Waals surface area contributed by atoms with Gasteiger partial charge in [-0.25, -0.2) is 4.39 Å². The molecule has 2 unspecified atom stereocenters. The van der Waals surface area contributed by atoms with E-state index in [4.69, 9.17) is 0 Å². The van der Waals surface area contributed by atoms with Crippen LogP contribution in [-0.2, 0) is 0 Å². The van der Waals surface area contributed by atoms with Crippen molar-refractivity contribution >= 4 is 5.69 Å². The molecule has 0 heterocycles. The van der Waals surface area contributed by atoms with Crippen molar-refractivity contribution in [3.8, 4) is 0 Å². The van der Waals surface area contributed by atoms with Gasteiger partial charge < -0.3 is 5.32 Å². The van der Waals surface area contributed by atoms with Crippen molar-refractivity contribution in [1.82, 2.24) is 0 Å². The highest BCUT2D eigenvalue weighted by atomic mass is 19.1. The Morgan fingerprint density at radius 2 is 2.07 bits per heavy atom. The lowest BCUT2D eigenvalue weighted by Crippen LogP contribution is -2.30. The molecule has 1 N–H and O–H groups in total. The van der Waals surface area contributed by atoms with Gasteiger partial charge in [0.2, 0.25) is 0 Å². The minimum Gasteiger partial charge on any atom is -0.382 e. The molecule has 1 aliphatic carbocycles. The lowest BCUT2D eigenvalue weighted by molar-refractivity contribution is 0.349. The van der Waals surface area contributed by atoms with E-state index in [9.17, 15) is 4.39 Å². The van der Waals surface area contributed by atoms with Crippen LogP contribution in [0.2, 0.25) is 0 Å². The molecule has 15 heavy (non-hydrogen) atoms. The van der Waals surface area contributed by atoms with Crippen molar-refractivity contribution in [1.29, 1.82) is 0 Å². The van der Waals surface area contributed by atoms with Gasteiger partial charge in [-0.2, -0.15) is 0 Å². The Balaban J connectivity index is 2.01. The quantitative estimate of drug-likeness (QED) is 0.777. The van der Waals surface area contributed by atoms with E-state index in [0.717, 1.165) is 5.69 Å². The van der Waals surface area contributed by atoms with Crippen LogP contribution in [0.4, 0.5) is 10.1 Å². The van der Waals surface area contributed by atoms with Crippen LogP contribution in [0.1, 0.15) is 32.6 Å². The third-order valence-electron chi connectivity index (χ3n) is 3.29. The normalized spacial score (nSPS) is 26.3. The number of anilines is 1. The summed E-state index contributed by atoms with van der Waals surface area (Å²) in [7, 11) is 0. The lowest BCUT2D eigenvalue weighted by Gasteiger charge is -2.30. The molecule has 0 bridgehead atoms. The molecule has 0 aliphatic heterocycles. The van der Waals surface area contributed by atoms with Crippen molar-refractivity contribution < 1.29 is 4.39 Å². The first-order valence-electron chi connectivity index (χ1n) is 5.78. The third kappa shape index (κ3) is 2.71. The van der Waals surface area contributed by atoms with Gasteiger partial charge in [-0.05, 0) is 37.0 Å². The second-order valence-electron chi connectivity index (χ2n) is 4.52. The summed E-state index contributed by atoms with van der Waals surface area (Å²) in [5.41, 5.74) is 0.911. The van der Waals surface area contributed by atoms with Gasteiger partial charge in [-0.1, -0.05) is 25.8 Å². The molecule has 2 rings (SSSR count). The number of rotatable bonds is 2. The Labute approximate surface area is 90.7 Å². The molecular formula is C13H18FN. The average molecular weight is 207 g/mol. The zero-order valence-electron chi connectivity index (χ0n) is 9.17. The predicted molar refractivity (Wildman–Crippen MR) is 61.4 cm³/mol. The second kappa shape index (κ2) is 4.65. The molecule has 1 saturated carbocycles. The van der Waals surface area contributed by atoms with Crippen LogP contribution >= 0.6 is 0 Å². The summed E-state index contributed by atoms with van der Waals surface area (Å²) in [5, 5.41) is 3.43. The zero-order chi connectivity index (χ0) is 10.7. The van der Waals surface area contributed by atoms with E-state index >= 15 is 0 Å². The molecule has 1 aromatic carbocycles. The first-order valence-corrected chi connectivity index (χ1v) is 5.78. The Bertz CT molecular complexity index is 324. The van der Waals surface area contributed by atoms with E-state index in [1.807, 2.05) is 6.07 Å². The van der Waals surface area contributed by atoms with Gasteiger partial charge in [-0.3, -0.25) is 0 Å². The summed E-state index contributed by atoms with van der Waals surface area (Å²) in [5.74, 6) is 0.533. The smallest absolute Gasteiger partial charge is 0.125 e. The molecule has 2 heteroatoms. The zero-order valence-corrected chi connectivity index (χ0v) is 9.17. The van der Waals surface area contributed by atoms with E-state index < -0.39 is 0 Å². The summed E-state index contributed by atoms with van der Waals surface area (Å²) in [4.78, 5) is 0. The van der Waals surface area contributed by atoms with Gasteiger partial charge in [0, 0.05) is 11.7 Å². The fraction of sp³-hybridized carbons (Fsp3) is 0.538. The SMILES string of the molecule is CC1CCCCC1Nc1cccc(F)c1. The van der Waals surface area contributed by atoms with Crippen molar-refractivity contribution in [2.75, 3.05) is 5.32 Å². The van der Waals surface area contributed by atoms with E-state index in [0.29, 0.717) is 12.0 Å². The van der Waals surface area contributed by atoms with E-state index in [-0.39, 0.29) is 5.82 Å².